The molecule has 0 aliphatic rings. The molecule has 1 aromatic rings. The number of nitrogens with one attached hydrogen (secondary N) is 2. The van der Waals surface area contributed by atoms with Crippen LogP contribution in [0.5, 0.6) is 0 Å². The van der Waals surface area contributed by atoms with Crippen molar-refractivity contribution >= 4 is 15.7 Å². The number of aliphatic hydroxyl groups is 1. The second kappa shape index (κ2) is 5.95. The fourth-order valence-electron chi connectivity index (χ4n) is 1.18. The van der Waals surface area contributed by atoms with Gasteiger partial charge in [0.1, 0.15) is 4.90 Å². The van der Waals surface area contributed by atoms with Gasteiger partial charge in [-0.3, -0.25) is 4.98 Å². The van der Waals surface area contributed by atoms with Crippen LogP contribution >= 0.6 is 0 Å². The van der Waals surface area contributed by atoms with Crippen LogP contribution in [0.25, 0.3) is 0 Å². The van der Waals surface area contributed by atoms with Crippen LogP contribution in [0.15, 0.2) is 23.4 Å². The van der Waals surface area contributed by atoms with Crippen molar-refractivity contribution in [2.75, 3.05) is 18.4 Å². The molecule has 1 rings (SSSR count). The Morgan fingerprint density at radius 1 is 1.47 bits per heavy atom. The average Bonchev–Trinajstić information content (AvgIpc) is 2.27. The first-order chi connectivity index (χ1) is 7.95. The Labute approximate surface area is 101 Å². The highest BCUT2D eigenvalue weighted by atomic mass is 32.2. The van der Waals surface area contributed by atoms with Crippen molar-refractivity contribution in [2.45, 2.75) is 24.8 Å². The number of rotatable bonds is 6. The topological polar surface area (TPSA) is 91.3 Å². The first kappa shape index (κ1) is 13.9. The maximum atomic E-state index is 11.8. The van der Waals surface area contributed by atoms with E-state index in [1.54, 1.807) is 6.20 Å². The van der Waals surface area contributed by atoms with Crippen molar-refractivity contribution in [1.82, 2.24) is 9.71 Å². The molecule has 1 unspecified atom stereocenters. The van der Waals surface area contributed by atoms with Gasteiger partial charge in [0, 0.05) is 19.3 Å². The number of aliphatic hydroxyl groups excluding tert-OH is 1. The van der Waals surface area contributed by atoms with Crippen LogP contribution in [0.3, 0.4) is 0 Å². The summed E-state index contributed by atoms with van der Waals surface area (Å²) in [4.78, 5) is 3.93. The highest BCUT2D eigenvalue weighted by molar-refractivity contribution is 7.89. The van der Waals surface area contributed by atoms with Gasteiger partial charge in [-0.05, 0) is 19.9 Å². The van der Waals surface area contributed by atoms with Gasteiger partial charge in [0.25, 0.3) is 0 Å². The maximum Gasteiger partial charge on any atom is 0.242 e. The second-order valence-corrected chi connectivity index (χ2v) is 5.41. The van der Waals surface area contributed by atoms with Crippen LogP contribution in [-0.4, -0.2) is 37.7 Å². The first-order valence-electron chi connectivity index (χ1n) is 5.32. The number of nitrogens with zero attached hydrogens (tertiary/aromatic N) is 1. The van der Waals surface area contributed by atoms with Crippen LogP contribution in [-0.2, 0) is 10.0 Å². The van der Waals surface area contributed by atoms with Crippen molar-refractivity contribution in [3.05, 3.63) is 18.5 Å². The largest absolute Gasteiger partial charge is 0.392 e. The number of aromatic nitrogens is 1. The number of hydrogen-bond acceptors (Lipinski definition) is 5. The number of pyridine rings is 1. The van der Waals surface area contributed by atoms with E-state index in [1.165, 1.54) is 19.2 Å². The standard InChI is InChI=1S/C10H17N3O3S/c1-3-12-9-4-10(7-11-6-9)17(15,16)13-5-8(2)14/h4,6-8,12-14H,3,5H2,1-2H3. The fourth-order valence-corrected chi connectivity index (χ4v) is 2.29. The van der Waals surface area contributed by atoms with Gasteiger partial charge >= 0.3 is 0 Å². The zero-order valence-electron chi connectivity index (χ0n) is 9.84. The Kier molecular flexibility index (Phi) is 4.86. The quantitative estimate of drug-likeness (QED) is 0.677. The third kappa shape index (κ3) is 4.29. The second-order valence-electron chi connectivity index (χ2n) is 3.64. The van der Waals surface area contributed by atoms with Gasteiger partial charge in [-0.1, -0.05) is 0 Å². The molecule has 1 atom stereocenters. The molecule has 0 saturated heterocycles. The lowest BCUT2D eigenvalue weighted by Gasteiger charge is -2.09. The molecule has 0 aliphatic heterocycles. The van der Waals surface area contributed by atoms with E-state index in [4.69, 9.17) is 5.11 Å². The molecule has 0 fully saturated rings. The molecule has 0 spiro atoms. The molecule has 0 aromatic carbocycles. The van der Waals surface area contributed by atoms with Gasteiger partial charge in [0.2, 0.25) is 10.0 Å². The van der Waals surface area contributed by atoms with Crippen molar-refractivity contribution in [3.63, 3.8) is 0 Å². The van der Waals surface area contributed by atoms with Crippen molar-refractivity contribution in [1.29, 1.82) is 0 Å². The Morgan fingerprint density at radius 3 is 2.76 bits per heavy atom. The third-order valence-electron chi connectivity index (χ3n) is 1.97. The molecule has 0 bridgehead atoms. The molecule has 1 aromatic heterocycles. The summed E-state index contributed by atoms with van der Waals surface area (Å²) in [6.45, 7) is 4.09. The molecule has 6 nitrogen and oxygen atoms in total. The van der Waals surface area contributed by atoms with E-state index in [0.29, 0.717) is 12.2 Å². The highest BCUT2D eigenvalue weighted by Gasteiger charge is 2.15. The summed E-state index contributed by atoms with van der Waals surface area (Å²) in [7, 11) is -3.61. The molecule has 0 radical (unpaired) electrons. The minimum absolute atomic E-state index is 0.0201. The van der Waals surface area contributed by atoms with Crippen LogP contribution in [0.4, 0.5) is 5.69 Å². The van der Waals surface area contributed by atoms with E-state index >= 15 is 0 Å². The highest BCUT2D eigenvalue weighted by Crippen LogP contribution is 2.12. The Bertz CT molecular complexity index is 460. The summed E-state index contributed by atoms with van der Waals surface area (Å²) in [5, 5.41) is 12.0. The van der Waals surface area contributed by atoms with Crippen LogP contribution < -0.4 is 10.0 Å². The predicted octanol–water partition coefficient (Wildman–Crippen LogP) is 0.172. The summed E-state index contributed by atoms with van der Waals surface area (Å²) >= 11 is 0. The Hall–Kier alpha value is -1.18. The van der Waals surface area contributed by atoms with Crippen LogP contribution in [0.2, 0.25) is 0 Å². The van der Waals surface area contributed by atoms with Crippen LogP contribution in [0.1, 0.15) is 13.8 Å². The van der Waals surface area contributed by atoms with Crippen molar-refractivity contribution in [2.24, 2.45) is 0 Å². The summed E-state index contributed by atoms with van der Waals surface area (Å²) in [6, 6.07) is 1.50. The summed E-state index contributed by atoms with van der Waals surface area (Å²) in [6.07, 6.45) is 2.09. The Morgan fingerprint density at radius 2 is 2.18 bits per heavy atom. The maximum absolute atomic E-state index is 11.8. The molecule has 3 N–H and O–H groups in total. The van der Waals surface area contributed by atoms with Gasteiger partial charge in [-0.2, -0.15) is 0 Å². The minimum Gasteiger partial charge on any atom is -0.392 e. The number of hydrogen-bond donors (Lipinski definition) is 3. The molecular weight excluding hydrogens is 242 g/mol. The van der Waals surface area contributed by atoms with Gasteiger partial charge in [-0.15, -0.1) is 0 Å². The third-order valence-corrected chi connectivity index (χ3v) is 3.36. The normalized spacial score (nSPS) is 13.4. The van der Waals surface area contributed by atoms with Gasteiger partial charge in [0.15, 0.2) is 0 Å². The Balaban J connectivity index is 2.87. The molecule has 0 saturated carbocycles. The number of anilines is 1. The smallest absolute Gasteiger partial charge is 0.242 e. The first-order valence-corrected chi connectivity index (χ1v) is 6.80. The van der Waals surface area contributed by atoms with Crippen molar-refractivity contribution in [3.8, 4) is 0 Å². The molecule has 96 valence electrons. The summed E-state index contributed by atoms with van der Waals surface area (Å²) in [5.74, 6) is 0. The van der Waals surface area contributed by atoms with Gasteiger partial charge in [-0.25, -0.2) is 13.1 Å². The molecule has 17 heavy (non-hydrogen) atoms. The van der Waals surface area contributed by atoms with E-state index < -0.39 is 16.1 Å². The van der Waals surface area contributed by atoms with E-state index in [2.05, 4.69) is 15.0 Å². The SMILES string of the molecule is CCNc1cncc(S(=O)(=O)NCC(C)O)c1. The van der Waals surface area contributed by atoms with E-state index in [1.807, 2.05) is 6.92 Å². The zero-order chi connectivity index (χ0) is 12.9. The zero-order valence-corrected chi connectivity index (χ0v) is 10.7. The molecule has 7 heteroatoms. The number of sulfonamides is 1. The summed E-state index contributed by atoms with van der Waals surface area (Å²) < 4.78 is 25.9. The lowest BCUT2D eigenvalue weighted by Crippen LogP contribution is -2.30. The van der Waals surface area contributed by atoms with Gasteiger partial charge < -0.3 is 10.4 Å². The van der Waals surface area contributed by atoms with Gasteiger partial charge in [0.05, 0.1) is 18.0 Å². The molecule has 1 heterocycles. The molecule has 0 aliphatic carbocycles. The molecule has 0 amide bonds. The average molecular weight is 259 g/mol. The summed E-state index contributed by atoms with van der Waals surface area (Å²) in [5.41, 5.74) is 0.646. The van der Waals surface area contributed by atoms with Crippen molar-refractivity contribution < 1.29 is 13.5 Å². The lowest BCUT2D eigenvalue weighted by molar-refractivity contribution is 0.198. The molecular formula is C10H17N3O3S. The predicted molar refractivity (Wildman–Crippen MR) is 65.3 cm³/mol. The van der Waals surface area contributed by atoms with E-state index in [0.717, 1.165) is 0 Å². The van der Waals surface area contributed by atoms with E-state index in [-0.39, 0.29) is 11.4 Å². The lowest BCUT2D eigenvalue weighted by atomic mass is 10.4. The monoisotopic (exact) mass is 259 g/mol. The minimum atomic E-state index is -3.61. The van der Waals surface area contributed by atoms with E-state index in [9.17, 15) is 8.42 Å². The fraction of sp³-hybridized carbons (Fsp3) is 0.500. The van der Waals surface area contributed by atoms with Crippen LogP contribution in [0, 0.1) is 0 Å².